The van der Waals surface area contributed by atoms with E-state index in [1.54, 1.807) is 0 Å². The van der Waals surface area contributed by atoms with Crippen LogP contribution in [-0.2, 0) is 4.79 Å². The summed E-state index contributed by atoms with van der Waals surface area (Å²) in [5.74, 6) is 0.179. The first-order valence-corrected chi connectivity index (χ1v) is 8.49. The molecule has 0 fully saturated rings. The summed E-state index contributed by atoms with van der Waals surface area (Å²) >= 11 is 0. The molecule has 0 aliphatic carbocycles. The molecule has 2 nitrogen and oxygen atoms in total. The van der Waals surface area contributed by atoms with Gasteiger partial charge >= 0.3 is 5.97 Å². The highest BCUT2D eigenvalue weighted by atomic mass is 16.4. The molecule has 0 atom stereocenters. The van der Waals surface area contributed by atoms with Crippen molar-refractivity contribution in [2.24, 2.45) is 5.92 Å². The zero-order valence-corrected chi connectivity index (χ0v) is 13.6. The maximum atomic E-state index is 10.3. The molecule has 20 heavy (non-hydrogen) atoms. The average molecular weight is 282 g/mol. The first-order valence-electron chi connectivity index (χ1n) is 8.49. The Hall–Kier alpha value is -0.790. The molecule has 0 saturated carbocycles. The highest BCUT2D eigenvalue weighted by Gasteiger charge is 1.95. The molecule has 0 aromatic rings. The average Bonchev–Trinajstić information content (AvgIpc) is 2.38. The van der Waals surface area contributed by atoms with E-state index in [1.165, 1.54) is 51.4 Å². The Bertz CT molecular complexity index is 244. The van der Waals surface area contributed by atoms with Crippen molar-refractivity contribution in [1.29, 1.82) is 0 Å². The van der Waals surface area contributed by atoms with Crippen LogP contribution in [0, 0.1) is 5.92 Å². The van der Waals surface area contributed by atoms with E-state index in [0.717, 1.165) is 25.2 Å². The van der Waals surface area contributed by atoms with Crippen molar-refractivity contribution in [2.45, 2.75) is 90.9 Å². The lowest BCUT2D eigenvalue weighted by atomic mass is 10.0. The number of carboxylic acid groups (broad SMARTS) is 1. The topological polar surface area (TPSA) is 37.3 Å². The SMILES string of the molecule is CC(C)CCCCCCCC/C=C/CCCCC(=O)O. The molecule has 0 amide bonds. The fraction of sp³-hybridized carbons (Fsp3) is 0.833. The molecule has 0 heterocycles. The largest absolute Gasteiger partial charge is 0.481 e. The van der Waals surface area contributed by atoms with Crippen molar-refractivity contribution >= 4 is 5.97 Å². The van der Waals surface area contributed by atoms with Gasteiger partial charge in [-0.05, 0) is 38.0 Å². The second kappa shape index (κ2) is 14.6. The van der Waals surface area contributed by atoms with Crippen molar-refractivity contribution in [3.8, 4) is 0 Å². The van der Waals surface area contributed by atoms with E-state index in [0.29, 0.717) is 6.42 Å². The van der Waals surface area contributed by atoms with Gasteiger partial charge in [0.05, 0.1) is 0 Å². The van der Waals surface area contributed by atoms with Crippen molar-refractivity contribution in [3.05, 3.63) is 12.2 Å². The normalized spacial score (nSPS) is 11.6. The van der Waals surface area contributed by atoms with Crippen molar-refractivity contribution in [1.82, 2.24) is 0 Å². The molecule has 0 rings (SSSR count). The van der Waals surface area contributed by atoms with Crippen LogP contribution in [0.25, 0.3) is 0 Å². The lowest BCUT2D eigenvalue weighted by Gasteiger charge is -2.03. The van der Waals surface area contributed by atoms with Gasteiger partial charge in [0.1, 0.15) is 0 Å². The predicted octanol–water partition coefficient (Wildman–Crippen LogP) is 5.96. The molecule has 0 saturated heterocycles. The molecular formula is C18H34O2. The Labute approximate surface area is 125 Å². The van der Waals surface area contributed by atoms with Crippen LogP contribution < -0.4 is 0 Å². The van der Waals surface area contributed by atoms with Gasteiger partial charge in [-0.15, -0.1) is 0 Å². The van der Waals surface area contributed by atoms with E-state index >= 15 is 0 Å². The zero-order valence-electron chi connectivity index (χ0n) is 13.6. The van der Waals surface area contributed by atoms with E-state index in [4.69, 9.17) is 5.11 Å². The van der Waals surface area contributed by atoms with Crippen LogP contribution >= 0.6 is 0 Å². The van der Waals surface area contributed by atoms with Crippen molar-refractivity contribution in [2.75, 3.05) is 0 Å². The van der Waals surface area contributed by atoms with E-state index in [9.17, 15) is 4.79 Å². The molecule has 0 unspecified atom stereocenters. The lowest BCUT2D eigenvalue weighted by Crippen LogP contribution is -1.92. The van der Waals surface area contributed by atoms with Gasteiger partial charge < -0.3 is 5.11 Å². The number of hydrogen-bond donors (Lipinski definition) is 1. The van der Waals surface area contributed by atoms with E-state index in [1.807, 2.05) is 0 Å². The van der Waals surface area contributed by atoms with Gasteiger partial charge in [-0.1, -0.05) is 64.5 Å². The molecular weight excluding hydrogens is 248 g/mol. The smallest absolute Gasteiger partial charge is 0.303 e. The van der Waals surface area contributed by atoms with Crippen molar-refractivity contribution < 1.29 is 9.90 Å². The van der Waals surface area contributed by atoms with E-state index in [2.05, 4.69) is 26.0 Å². The minimum Gasteiger partial charge on any atom is -0.481 e. The highest BCUT2D eigenvalue weighted by Crippen LogP contribution is 2.12. The monoisotopic (exact) mass is 282 g/mol. The summed E-state index contributed by atoms with van der Waals surface area (Å²) in [5, 5.41) is 8.50. The summed E-state index contributed by atoms with van der Waals surface area (Å²) in [6.07, 6.45) is 18.4. The molecule has 0 aromatic heterocycles. The molecule has 0 aliphatic heterocycles. The Morgan fingerprint density at radius 1 is 0.850 bits per heavy atom. The standard InChI is InChI=1S/C18H34O2/c1-17(2)15-13-11-9-7-5-3-4-6-8-10-12-14-16-18(19)20/h6,8,17H,3-5,7,9-16H2,1-2H3,(H,19,20)/b8-6+. The number of carboxylic acids is 1. The molecule has 118 valence electrons. The second-order valence-corrected chi connectivity index (χ2v) is 6.20. The zero-order chi connectivity index (χ0) is 15.1. The Morgan fingerprint density at radius 3 is 1.90 bits per heavy atom. The number of allylic oxidation sites excluding steroid dienone is 2. The molecule has 0 aliphatic rings. The maximum absolute atomic E-state index is 10.3. The lowest BCUT2D eigenvalue weighted by molar-refractivity contribution is -0.137. The molecule has 0 spiro atoms. The minimum absolute atomic E-state index is 0.310. The molecule has 2 heteroatoms. The Kier molecular flexibility index (Phi) is 14.0. The fourth-order valence-corrected chi connectivity index (χ4v) is 2.30. The van der Waals surface area contributed by atoms with Crippen LogP contribution in [0.3, 0.4) is 0 Å². The molecule has 0 aromatic carbocycles. The van der Waals surface area contributed by atoms with Gasteiger partial charge in [-0.25, -0.2) is 0 Å². The van der Waals surface area contributed by atoms with Gasteiger partial charge in [-0.3, -0.25) is 4.79 Å². The third-order valence-corrected chi connectivity index (χ3v) is 3.58. The first kappa shape index (κ1) is 19.2. The molecule has 1 N–H and O–H groups in total. The number of rotatable bonds is 14. The summed E-state index contributed by atoms with van der Waals surface area (Å²) in [6, 6.07) is 0. The van der Waals surface area contributed by atoms with Crippen molar-refractivity contribution in [3.63, 3.8) is 0 Å². The van der Waals surface area contributed by atoms with Gasteiger partial charge in [0.15, 0.2) is 0 Å². The number of carbonyl (C=O) groups is 1. The molecule has 0 radical (unpaired) electrons. The summed E-state index contributed by atoms with van der Waals surface area (Å²) in [6.45, 7) is 4.60. The van der Waals surface area contributed by atoms with Gasteiger partial charge in [0.2, 0.25) is 0 Å². The van der Waals surface area contributed by atoms with Crippen LogP contribution in [-0.4, -0.2) is 11.1 Å². The van der Waals surface area contributed by atoms with Crippen LogP contribution in [0.5, 0.6) is 0 Å². The summed E-state index contributed by atoms with van der Waals surface area (Å²) < 4.78 is 0. The maximum Gasteiger partial charge on any atom is 0.303 e. The van der Waals surface area contributed by atoms with Crippen LogP contribution in [0.15, 0.2) is 12.2 Å². The van der Waals surface area contributed by atoms with Gasteiger partial charge in [0, 0.05) is 6.42 Å². The van der Waals surface area contributed by atoms with E-state index in [-0.39, 0.29) is 0 Å². The fourth-order valence-electron chi connectivity index (χ4n) is 2.30. The third-order valence-electron chi connectivity index (χ3n) is 3.58. The highest BCUT2D eigenvalue weighted by molar-refractivity contribution is 5.66. The van der Waals surface area contributed by atoms with Crippen LogP contribution in [0.2, 0.25) is 0 Å². The summed E-state index contributed by atoms with van der Waals surface area (Å²) in [4.78, 5) is 10.3. The quantitative estimate of drug-likeness (QED) is 0.315. The third kappa shape index (κ3) is 17.2. The van der Waals surface area contributed by atoms with E-state index < -0.39 is 5.97 Å². The first-order chi connectivity index (χ1) is 9.63. The Morgan fingerprint density at radius 2 is 1.35 bits per heavy atom. The van der Waals surface area contributed by atoms with Crippen LogP contribution in [0.1, 0.15) is 90.9 Å². The summed E-state index contributed by atoms with van der Waals surface area (Å²) in [5.41, 5.74) is 0. The predicted molar refractivity (Wildman–Crippen MR) is 87.0 cm³/mol. The van der Waals surface area contributed by atoms with Gasteiger partial charge in [0.25, 0.3) is 0 Å². The van der Waals surface area contributed by atoms with Crippen LogP contribution in [0.4, 0.5) is 0 Å². The number of hydrogen-bond acceptors (Lipinski definition) is 1. The van der Waals surface area contributed by atoms with Gasteiger partial charge in [-0.2, -0.15) is 0 Å². The number of unbranched alkanes of at least 4 members (excludes halogenated alkanes) is 8. The second-order valence-electron chi connectivity index (χ2n) is 6.20. The Balaban J connectivity index is 3.10. The minimum atomic E-state index is -0.678. The summed E-state index contributed by atoms with van der Waals surface area (Å²) in [7, 11) is 0. The molecule has 0 bridgehead atoms. The number of aliphatic carboxylic acids is 1.